The van der Waals surface area contributed by atoms with Gasteiger partial charge in [0.15, 0.2) is 0 Å². The second-order valence-electron chi connectivity index (χ2n) is 5.57. The van der Waals surface area contributed by atoms with Crippen molar-refractivity contribution in [3.05, 3.63) is 17.3 Å². The first-order valence-corrected chi connectivity index (χ1v) is 8.34. The minimum Gasteiger partial charge on any atom is -0.351 e. The Morgan fingerprint density at radius 2 is 2.10 bits per heavy atom. The average Bonchev–Trinajstić information content (AvgIpc) is 2.88. The zero-order valence-corrected chi connectivity index (χ0v) is 12.8. The molecule has 2 aromatic rings. The third-order valence-electron chi connectivity index (χ3n) is 4.17. The van der Waals surface area contributed by atoms with Gasteiger partial charge in [-0.25, -0.2) is 9.97 Å². The quantitative estimate of drug-likeness (QED) is 0.940. The summed E-state index contributed by atoms with van der Waals surface area (Å²) in [6.45, 7) is 3.67. The van der Waals surface area contributed by atoms with E-state index < -0.39 is 0 Å². The Morgan fingerprint density at radius 3 is 2.85 bits per heavy atom. The SMILES string of the molecule is Cc1csc2c(N(CCN)C3CCCCC3)ncnc12. The van der Waals surface area contributed by atoms with Crippen molar-refractivity contribution in [3.63, 3.8) is 0 Å². The minimum atomic E-state index is 0.591. The molecule has 0 spiro atoms. The summed E-state index contributed by atoms with van der Waals surface area (Å²) < 4.78 is 1.21. The van der Waals surface area contributed by atoms with Crippen molar-refractivity contribution >= 4 is 27.4 Å². The van der Waals surface area contributed by atoms with Crippen molar-refractivity contribution in [1.82, 2.24) is 9.97 Å². The molecule has 2 heterocycles. The highest BCUT2D eigenvalue weighted by Gasteiger charge is 2.24. The number of nitrogens with zero attached hydrogens (tertiary/aromatic N) is 3. The summed E-state index contributed by atoms with van der Waals surface area (Å²) in [5.74, 6) is 1.09. The summed E-state index contributed by atoms with van der Waals surface area (Å²) in [6, 6.07) is 0.591. The Labute approximate surface area is 124 Å². The van der Waals surface area contributed by atoms with Gasteiger partial charge in [-0.3, -0.25) is 0 Å². The molecule has 0 atom stereocenters. The predicted molar refractivity (Wildman–Crippen MR) is 85.4 cm³/mol. The molecule has 20 heavy (non-hydrogen) atoms. The number of hydrogen-bond acceptors (Lipinski definition) is 5. The molecule has 4 nitrogen and oxygen atoms in total. The molecule has 3 rings (SSSR count). The standard InChI is InChI=1S/C15H22N4S/c1-11-9-20-14-13(11)17-10-18-15(14)19(8-7-16)12-5-3-2-4-6-12/h9-10,12H,2-8,16H2,1H3. The van der Waals surface area contributed by atoms with E-state index in [1.54, 1.807) is 17.7 Å². The summed E-state index contributed by atoms with van der Waals surface area (Å²) in [5, 5.41) is 2.17. The van der Waals surface area contributed by atoms with Crippen LogP contribution in [0, 0.1) is 6.92 Å². The van der Waals surface area contributed by atoms with Crippen LogP contribution in [0.25, 0.3) is 10.2 Å². The molecule has 2 N–H and O–H groups in total. The molecule has 0 unspecified atom stereocenters. The third kappa shape index (κ3) is 2.52. The first-order chi connectivity index (χ1) is 9.81. The van der Waals surface area contributed by atoms with Crippen LogP contribution >= 0.6 is 11.3 Å². The molecule has 0 bridgehead atoms. The van der Waals surface area contributed by atoms with Gasteiger partial charge in [-0.05, 0) is 30.7 Å². The van der Waals surface area contributed by atoms with Gasteiger partial charge in [0, 0.05) is 19.1 Å². The fraction of sp³-hybridized carbons (Fsp3) is 0.600. The maximum absolute atomic E-state index is 5.84. The van der Waals surface area contributed by atoms with Crippen LogP contribution in [0.3, 0.4) is 0 Å². The fourth-order valence-corrected chi connectivity index (χ4v) is 4.16. The molecule has 1 aliphatic carbocycles. The van der Waals surface area contributed by atoms with Gasteiger partial charge in [0.05, 0.1) is 10.2 Å². The fourth-order valence-electron chi connectivity index (χ4n) is 3.15. The first kappa shape index (κ1) is 13.8. The van der Waals surface area contributed by atoms with Gasteiger partial charge in [-0.1, -0.05) is 19.3 Å². The van der Waals surface area contributed by atoms with Crippen LogP contribution in [-0.4, -0.2) is 29.1 Å². The van der Waals surface area contributed by atoms with Crippen molar-refractivity contribution in [2.75, 3.05) is 18.0 Å². The van der Waals surface area contributed by atoms with Gasteiger partial charge in [-0.15, -0.1) is 11.3 Å². The highest BCUT2D eigenvalue weighted by atomic mass is 32.1. The lowest BCUT2D eigenvalue weighted by Gasteiger charge is -2.35. The predicted octanol–water partition coefficient (Wildman–Crippen LogP) is 3.10. The summed E-state index contributed by atoms with van der Waals surface area (Å²) in [7, 11) is 0. The number of aryl methyl sites for hydroxylation is 1. The van der Waals surface area contributed by atoms with Crippen molar-refractivity contribution in [2.45, 2.75) is 45.1 Å². The van der Waals surface area contributed by atoms with Crippen LogP contribution in [0.1, 0.15) is 37.7 Å². The molecule has 5 heteroatoms. The Bertz CT molecular complexity index is 574. The summed E-state index contributed by atoms with van der Waals surface area (Å²) >= 11 is 1.75. The van der Waals surface area contributed by atoms with E-state index in [0.717, 1.165) is 17.9 Å². The normalized spacial score (nSPS) is 16.7. The molecular formula is C15H22N4S. The second-order valence-corrected chi connectivity index (χ2v) is 6.45. The van der Waals surface area contributed by atoms with Crippen molar-refractivity contribution < 1.29 is 0 Å². The van der Waals surface area contributed by atoms with Crippen LogP contribution in [0.15, 0.2) is 11.7 Å². The van der Waals surface area contributed by atoms with Gasteiger partial charge in [0.2, 0.25) is 0 Å². The summed E-state index contributed by atoms with van der Waals surface area (Å²) in [6.07, 6.45) is 8.23. The lowest BCUT2D eigenvalue weighted by Crippen LogP contribution is -2.40. The number of nitrogens with two attached hydrogens (primary N) is 1. The number of anilines is 1. The molecular weight excluding hydrogens is 268 g/mol. The lowest BCUT2D eigenvalue weighted by atomic mass is 9.94. The molecule has 0 amide bonds. The van der Waals surface area contributed by atoms with Gasteiger partial charge >= 0.3 is 0 Å². The monoisotopic (exact) mass is 290 g/mol. The zero-order chi connectivity index (χ0) is 13.9. The molecule has 1 fully saturated rings. The number of rotatable bonds is 4. The highest BCUT2D eigenvalue weighted by molar-refractivity contribution is 7.18. The van der Waals surface area contributed by atoms with Crippen LogP contribution in [0.5, 0.6) is 0 Å². The van der Waals surface area contributed by atoms with E-state index in [9.17, 15) is 0 Å². The van der Waals surface area contributed by atoms with Crippen molar-refractivity contribution in [2.24, 2.45) is 5.73 Å². The molecule has 1 aliphatic rings. The average molecular weight is 290 g/mol. The second kappa shape index (κ2) is 6.06. The van der Waals surface area contributed by atoms with Gasteiger partial charge in [-0.2, -0.15) is 0 Å². The molecule has 1 saturated carbocycles. The Morgan fingerprint density at radius 1 is 1.30 bits per heavy atom. The number of fused-ring (bicyclic) bond motifs is 1. The third-order valence-corrected chi connectivity index (χ3v) is 5.25. The lowest BCUT2D eigenvalue weighted by molar-refractivity contribution is 0.415. The zero-order valence-electron chi connectivity index (χ0n) is 12.0. The molecule has 0 aliphatic heterocycles. The van der Waals surface area contributed by atoms with Crippen LogP contribution in [0.2, 0.25) is 0 Å². The van der Waals surface area contributed by atoms with E-state index in [1.807, 2.05) is 0 Å². The first-order valence-electron chi connectivity index (χ1n) is 7.46. The summed E-state index contributed by atoms with van der Waals surface area (Å²) in [4.78, 5) is 11.4. The number of thiophene rings is 1. The van der Waals surface area contributed by atoms with Crippen molar-refractivity contribution in [1.29, 1.82) is 0 Å². The van der Waals surface area contributed by atoms with E-state index >= 15 is 0 Å². The Hall–Kier alpha value is -1.20. The maximum Gasteiger partial charge on any atom is 0.150 e. The number of hydrogen-bond donors (Lipinski definition) is 1. The molecule has 0 saturated heterocycles. The van der Waals surface area contributed by atoms with Crippen LogP contribution in [-0.2, 0) is 0 Å². The van der Waals surface area contributed by atoms with E-state index in [-0.39, 0.29) is 0 Å². The van der Waals surface area contributed by atoms with E-state index in [4.69, 9.17) is 5.73 Å². The molecule has 0 aromatic carbocycles. The van der Waals surface area contributed by atoms with E-state index in [2.05, 4.69) is 27.2 Å². The Balaban J connectivity index is 2.00. The maximum atomic E-state index is 5.84. The van der Waals surface area contributed by atoms with Gasteiger partial charge < -0.3 is 10.6 Å². The van der Waals surface area contributed by atoms with E-state index in [0.29, 0.717) is 12.6 Å². The van der Waals surface area contributed by atoms with Crippen molar-refractivity contribution in [3.8, 4) is 0 Å². The van der Waals surface area contributed by atoms with Crippen LogP contribution < -0.4 is 10.6 Å². The van der Waals surface area contributed by atoms with E-state index in [1.165, 1.54) is 42.4 Å². The number of aromatic nitrogens is 2. The van der Waals surface area contributed by atoms with Gasteiger partial charge in [0.25, 0.3) is 0 Å². The summed E-state index contributed by atoms with van der Waals surface area (Å²) in [5.41, 5.74) is 8.18. The minimum absolute atomic E-state index is 0.591. The van der Waals surface area contributed by atoms with Gasteiger partial charge in [0.1, 0.15) is 12.1 Å². The Kier molecular flexibility index (Phi) is 4.17. The highest BCUT2D eigenvalue weighted by Crippen LogP contribution is 2.34. The van der Waals surface area contributed by atoms with Crippen LogP contribution in [0.4, 0.5) is 5.82 Å². The largest absolute Gasteiger partial charge is 0.351 e. The molecule has 2 aromatic heterocycles. The molecule has 108 valence electrons. The smallest absolute Gasteiger partial charge is 0.150 e. The topological polar surface area (TPSA) is 55.0 Å². The molecule has 0 radical (unpaired) electrons.